The van der Waals surface area contributed by atoms with E-state index < -0.39 is 0 Å². The molecule has 0 unspecified atom stereocenters. The number of aromatic nitrogens is 3. The molecule has 0 amide bonds. The Morgan fingerprint density at radius 3 is 2.57 bits per heavy atom. The largest absolute Gasteiger partial charge is 0.325 e. The Morgan fingerprint density at radius 1 is 1.21 bits per heavy atom. The van der Waals surface area contributed by atoms with Gasteiger partial charge >= 0.3 is 5.69 Å². The molecule has 0 aliphatic rings. The Balaban J connectivity index is 2.67. The van der Waals surface area contributed by atoms with Crippen LogP contribution < -0.4 is 5.69 Å². The molecule has 0 fully saturated rings. The van der Waals surface area contributed by atoms with E-state index in [1.807, 2.05) is 12.1 Å². The first kappa shape index (κ1) is 8.99. The smallest absolute Gasteiger partial charge is 0.304 e. The molecule has 4 nitrogen and oxygen atoms in total. The number of pyridine rings is 1. The predicted octanol–water partition coefficient (Wildman–Crippen LogP) is 1.55. The Kier molecular flexibility index (Phi) is 1.74. The second-order valence-electron chi connectivity index (χ2n) is 4.42. The summed E-state index contributed by atoms with van der Waals surface area (Å²) < 4.78 is 0. The van der Waals surface area contributed by atoms with Crippen molar-refractivity contribution >= 4 is 11.2 Å². The van der Waals surface area contributed by atoms with Crippen LogP contribution in [-0.2, 0) is 5.41 Å². The lowest BCUT2D eigenvalue weighted by atomic mass is 9.92. The van der Waals surface area contributed by atoms with Gasteiger partial charge < -0.3 is 4.98 Å². The van der Waals surface area contributed by atoms with Gasteiger partial charge in [-0.05, 0) is 12.1 Å². The fourth-order valence-electron chi connectivity index (χ4n) is 1.33. The fourth-order valence-corrected chi connectivity index (χ4v) is 1.33. The number of nitrogens with zero attached hydrogens (tertiary/aromatic N) is 1. The van der Waals surface area contributed by atoms with Crippen LogP contribution in [0.1, 0.15) is 26.5 Å². The standard InChI is InChI=1S/C10H13N3O/c1-10(2,3)7-5-4-6-8(12-7)13-9(14)11-6/h4-5H,1-3H3,(H2,11,12,13,14). The maximum Gasteiger partial charge on any atom is 0.325 e. The molecule has 74 valence electrons. The van der Waals surface area contributed by atoms with E-state index in [1.165, 1.54) is 0 Å². The fraction of sp³-hybridized carbons (Fsp3) is 0.400. The number of rotatable bonds is 0. The highest BCUT2D eigenvalue weighted by Crippen LogP contribution is 2.20. The van der Waals surface area contributed by atoms with E-state index in [0.717, 1.165) is 11.2 Å². The molecule has 2 aromatic heterocycles. The third-order valence-corrected chi connectivity index (χ3v) is 2.14. The van der Waals surface area contributed by atoms with Crippen LogP contribution in [0.15, 0.2) is 16.9 Å². The molecule has 0 aliphatic carbocycles. The lowest BCUT2D eigenvalue weighted by Gasteiger charge is -2.16. The first-order valence-corrected chi connectivity index (χ1v) is 4.56. The van der Waals surface area contributed by atoms with Crippen LogP contribution >= 0.6 is 0 Å². The van der Waals surface area contributed by atoms with E-state index in [9.17, 15) is 4.79 Å². The van der Waals surface area contributed by atoms with Crippen molar-refractivity contribution in [2.75, 3.05) is 0 Å². The summed E-state index contributed by atoms with van der Waals surface area (Å²) >= 11 is 0. The summed E-state index contributed by atoms with van der Waals surface area (Å²) in [6.07, 6.45) is 0. The van der Waals surface area contributed by atoms with Gasteiger partial charge in [-0.3, -0.25) is 4.98 Å². The molecule has 0 saturated carbocycles. The van der Waals surface area contributed by atoms with Crippen LogP contribution in [0.3, 0.4) is 0 Å². The molecule has 0 spiro atoms. The van der Waals surface area contributed by atoms with Crippen LogP contribution in [-0.4, -0.2) is 15.0 Å². The number of hydrogen-bond donors (Lipinski definition) is 2. The molecule has 2 rings (SSSR count). The summed E-state index contributed by atoms with van der Waals surface area (Å²) in [5.41, 5.74) is 2.15. The molecule has 0 radical (unpaired) electrons. The highest BCUT2D eigenvalue weighted by Gasteiger charge is 2.15. The van der Waals surface area contributed by atoms with Gasteiger partial charge in [0.25, 0.3) is 0 Å². The van der Waals surface area contributed by atoms with Crippen molar-refractivity contribution in [3.8, 4) is 0 Å². The molecule has 2 heterocycles. The van der Waals surface area contributed by atoms with Crippen molar-refractivity contribution in [2.45, 2.75) is 26.2 Å². The predicted molar refractivity (Wildman–Crippen MR) is 55.4 cm³/mol. The summed E-state index contributed by atoms with van der Waals surface area (Å²) in [6.45, 7) is 6.27. The maximum atomic E-state index is 11.0. The van der Waals surface area contributed by atoms with Crippen LogP contribution in [0.4, 0.5) is 0 Å². The van der Waals surface area contributed by atoms with E-state index in [1.54, 1.807) is 0 Å². The lowest BCUT2D eigenvalue weighted by Crippen LogP contribution is -2.13. The van der Waals surface area contributed by atoms with Crippen LogP contribution in [0.25, 0.3) is 11.2 Å². The number of hydrogen-bond acceptors (Lipinski definition) is 2. The highest BCUT2D eigenvalue weighted by atomic mass is 16.1. The van der Waals surface area contributed by atoms with Crippen molar-refractivity contribution in [1.29, 1.82) is 0 Å². The number of imidazole rings is 1. The minimum Gasteiger partial charge on any atom is -0.304 e. The van der Waals surface area contributed by atoms with E-state index in [0.29, 0.717) is 5.65 Å². The van der Waals surface area contributed by atoms with Gasteiger partial charge in [-0.1, -0.05) is 20.8 Å². The Bertz CT molecular complexity index is 516. The van der Waals surface area contributed by atoms with Crippen molar-refractivity contribution in [1.82, 2.24) is 15.0 Å². The molecule has 0 atom stereocenters. The van der Waals surface area contributed by atoms with Gasteiger partial charge in [0.05, 0.1) is 5.52 Å². The monoisotopic (exact) mass is 191 g/mol. The van der Waals surface area contributed by atoms with Gasteiger partial charge in [-0.15, -0.1) is 0 Å². The number of nitrogens with one attached hydrogen (secondary N) is 2. The van der Waals surface area contributed by atoms with Gasteiger partial charge in [-0.2, -0.15) is 0 Å². The molecule has 14 heavy (non-hydrogen) atoms. The average Bonchev–Trinajstić information content (AvgIpc) is 2.41. The van der Waals surface area contributed by atoms with E-state index in [-0.39, 0.29) is 11.1 Å². The summed E-state index contributed by atoms with van der Waals surface area (Å²) in [7, 11) is 0. The average molecular weight is 191 g/mol. The second-order valence-corrected chi connectivity index (χ2v) is 4.42. The molecule has 4 heteroatoms. The molecular formula is C10H13N3O. The minimum atomic E-state index is -0.210. The quantitative estimate of drug-likeness (QED) is 0.663. The van der Waals surface area contributed by atoms with E-state index in [4.69, 9.17) is 0 Å². The Hall–Kier alpha value is -1.58. The topological polar surface area (TPSA) is 61.5 Å². The van der Waals surface area contributed by atoms with Gasteiger partial charge in [0.2, 0.25) is 0 Å². The van der Waals surface area contributed by atoms with Crippen molar-refractivity contribution < 1.29 is 0 Å². The zero-order chi connectivity index (χ0) is 10.3. The molecule has 2 aromatic rings. The summed E-state index contributed by atoms with van der Waals surface area (Å²) in [4.78, 5) is 20.7. The number of aromatic amines is 2. The summed E-state index contributed by atoms with van der Waals surface area (Å²) in [6, 6.07) is 3.81. The number of H-pyrrole nitrogens is 2. The molecule has 0 aromatic carbocycles. The molecule has 2 N–H and O–H groups in total. The molecule has 0 saturated heterocycles. The van der Waals surface area contributed by atoms with Crippen LogP contribution in [0, 0.1) is 0 Å². The van der Waals surface area contributed by atoms with Gasteiger partial charge in [0, 0.05) is 11.1 Å². The number of fused-ring (bicyclic) bond motifs is 1. The van der Waals surface area contributed by atoms with Gasteiger partial charge in [0.1, 0.15) is 0 Å². The first-order chi connectivity index (χ1) is 6.47. The third kappa shape index (κ3) is 1.43. The SMILES string of the molecule is CC(C)(C)c1ccc2[nH]c(=O)[nH]c2n1. The normalized spacial score (nSPS) is 12.2. The minimum absolute atomic E-state index is 0.00233. The highest BCUT2D eigenvalue weighted by molar-refractivity contribution is 5.69. The first-order valence-electron chi connectivity index (χ1n) is 4.56. The maximum absolute atomic E-state index is 11.0. The van der Waals surface area contributed by atoms with Crippen molar-refractivity contribution in [3.63, 3.8) is 0 Å². The molecule has 0 aliphatic heterocycles. The van der Waals surface area contributed by atoms with E-state index >= 15 is 0 Å². The summed E-state index contributed by atoms with van der Waals surface area (Å²) in [5.74, 6) is 0. The van der Waals surface area contributed by atoms with Crippen molar-refractivity contribution in [3.05, 3.63) is 28.3 Å². The lowest BCUT2D eigenvalue weighted by molar-refractivity contribution is 0.571. The third-order valence-electron chi connectivity index (χ3n) is 2.14. The van der Waals surface area contributed by atoms with Gasteiger partial charge in [-0.25, -0.2) is 9.78 Å². The van der Waals surface area contributed by atoms with E-state index in [2.05, 4.69) is 35.7 Å². The van der Waals surface area contributed by atoms with Crippen molar-refractivity contribution in [2.24, 2.45) is 0 Å². The molecule has 0 bridgehead atoms. The second kappa shape index (κ2) is 2.70. The van der Waals surface area contributed by atoms with Gasteiger partial charge in [0.15, 0.2) is 5.65 Å². The van der Waals surface area contributed by atoms with Crippen LogP contribution in [0.5, 0.6) is 0 Å². The molecular weight excluding hydrogens is 178 g/mol. The van der Waals surface area contributed by atoms with Crippen LogP contribution in [0.2, 0.25) is 0 Å². The zero-order valence-electron chi connectivity index (χ0n) is 8.51. The Morgan fingerprint density at radius 2 is 1.93 bits per heavy atom. The Labute approximate surface area is 81.4 Å². The summed E-state index contributed by atoms with van der Waals surface area (Å²) in [5, 5.41) is 0. The zero-order valence-corrected chi connectivity index (χ0v) is 8.51.